The summed E-state index contributed by atoms with van der Waals surface area (Å²) in [6.07, 6.45) is 2.99. The molecule has 1 aromatic rings. The number of nitrogens with one attached hydrogen (secondary N) is 3. The molecule has 1 atom stereocenters. The maximum Gasteiger partial charge on any atom is 0.234 e. The SMILES string of the molecule is CCCNC(=O)CN1CCC(NC(=NC)NCC(C)Oc2cccc(C)c2)CC1. The maximum absolute atomic E-state index is 11.9. The first-order valence-electron chi connectivity index (χ1n) is 10.7. The molecule has 1 heterocycles. The van der Waals surface area contributed by atoms with E-state index in [0.717, 1.165) is 50.6 Å². The Hall–Kier alpha value is -2.28. The van der Waals surface area contributed by atoms with Gasteiger partial charge < -0.3 is 20.7 Å². The number of hydrogen-bond acceptors (Lipinski definition) is 4. The lowest BCUT2D eigenvalue weighted by atomic mass is 10.1. The van der Waals surface area contributed by atoms with Crippen molar-refractivity contribution in [3.8, 4) is 5.75 Å². The lowest BCUT2D eigenvalue weighted by Gasteiger charge is -2.32. The van der Waals surface area contributed by atoms with Gasteiger partial charge in [-0.05, 0) is 50.8 Å². The molecule has 3 N–H and O–H groups in total. The van der Waals surface area contributed by atoms with Gasteiger partial charge in [0.05, 0.1) is 13.1 Å². The number of aliphatic imine (C=N–C) groups is 1. The first-order chi connectivity index (χ1) is 14.0. The van der Waals surface area contributed by atoms with Crippen molar-refractivity contribution in [2.45, 2.75) is 52.2 Å². The van der Waals surface area contributed by atoms with Gasteiger partial charge in [-0.1, -0.05) is 19.1 Å². The van der Waals surface area contributed by atoms with Gasteiger partial charge in [0.15, 0.2) is 5.96 Å². The average Bonchev–Trinajstić information content (AvgIpc) is 2.71. The second-order valence-electron chi connectivity index (χ2n) is 7.74. The van der Waals surface area contributed by atoms with E-state index in [4.69, 9.17) is 4.74 Å². The van der Waals surface area contributed by atoms with Crippen molar-refractivity contribution in [2.75, 3.05) is 39.8 Å². The Morgan fingerprint density at radius 2 is 2.07 bits per heavy atom. The lowest BCUT2D eigenvalue weighted by molar-refractivity contribution is -0.122. The van der Waals surface area contributed by atoms with E-state index in [-0.39, 0.29) is 12.0 Å². The van der Waals surface area contributed by atoms with Gasteiger partial charge in [0.25, 0.3) is 0 Å². The fourth-order valence-corrected chi connectivity index (χ4v) is 3.35. The van der Waals surface area contributed by atoms with Crippen LogP contribution in [0.3, 0.4) is 0 Å². The summed E-state index contributed by atoms with van der Waals surface area (Å²) in [5, 5.41) is 9.79. The van der Waals surface area contributed by atoms with E-state index in [9.17, 15) is 4.79 Å². The highest BCUT2D eigenvalue weighted by Crippen LogP contribution is 2.14. The van der Waals surface area contributed by atoms with Crippen LogP contribution in [0.15, 0.2) is 29.3 Å². The molecule has 1 aliphatic heterocycles. The van der Waals surface area contributed by atoms with Crippen molar-refractivity contribution < 1.29 is 9.53 Å². The molecule has 1 unspecified atom stereocenters. The van der Waals surface area contributed by atoms with Gasteiger partial charge in [0.2, 0.25) is 5.91 Å². The predicted molar refractivity (Wildman–Crippen MR) is 119 cm³/mol. The third kappa shape index (κ3) is 8.73. The van der Waals surface area contributed by atoms with E-state index in [1.54, 1.807) is 7.05 Å². The Bertz CT molecular complexity index is 656. The molecule has 1 saturated heterocycles. The second kappa shape index (κ2) is 12.3. The van der Waals surface area contributed by atoms with Crippen LogP contribution < -0.4 is 20.7 Å². The normalized spacial score (nSPS) is 16.9. The summed E-state index contributed by atoms with van der Waals surface area (Å²) >= 11 is 0. The standard InChI is InChI=1S/C22H37N5O2/c1-5-11-24-21(28)16-27-12-9-19(10-13-27)26-22(23-4)25-15-18(3)29-20-8-6-7-17(2)14-20/h6-8,14,18-19H,5,9-13,15-16H2,1-4H3,(H,24,28)(H2,23,25,26). The molecular weight excluding hydrogens is 366 g/mol. The Labute approximate surface area is 175 Å². The predicted octanol–water partition coefficient (Wildman–Crippen LogP) is 1.92. The van der Waals surface area contributed by atoms with E-state index >= 15 is 0 Å². The van der Waals surface area contributed by atoms with Crippen LogP contribution in [0.1, 0.15) is 38.7 Å². The zero-order valence-electron chi connectivity index (χ0n) is 18.3. The second-order valence-corrected chi connectivity index (χ2v) is 7.74. The molecule has 1 aromatic carbocycles. The van der Waals surface area contributed by atoms with Crippen molar-refractivity contribution in [3.05, 3.63) is 29.8 Å². The molecule has 0 spiro atoms. The first-order valence-corrected chi connectivity index (χ1v) is 10.7. The zero-order chi connectivity index (χ0) is 21.1. The number of aryl methyl sites for hydroxylation is 1. The molecule has 1 amide bonds. The molecular formula is C22H37N5O2. The van der Waals surface area contributed by atoms with Crippen LogP contribution in [-0.2, 0) is 4.79 Å². The number of ether oxygens (including phenoxy) is 1. The Morgan fingerprint density at radius 1 is 1.31 bits per heavy atom. The summed E-state index contributed by atoms with van der Waals surface area (Å²) in [6, 6.07) is 8.45. The summed E-state index contributed by atoms with van der Waals surface area (Å²) in [6.45, 7) is 9.92. The Kier molecular flexibility index (Phi) is 9.77. The van der Waals surface area contributed by atoms with E-state index in [0.29, 0.717) is 19.1 Å². The van der Waals surface area contributed by atoms with Gasteiger partial charge in [-0.15, -0.1) is 0 Å². The summed E-state index contributed by atoms with van der Waals surface area (Å²) in [4.78, 5) is 18.4. The van der Waals surface area contributed by atoms with Crippen LogP contribution in [0.4, 0.5) is 0 Å². The van der Waals surface area contributed by atoms with Crippen molar-refractivity contribution in [3.63, 3.8) is 0 Å². The molecule has 1 aliphatic rings. The first kappa shape index (κ1) is 23.0. The molecule has 2 rings (SSSR count). The molecule has 0 aliphatic carbocycles. The van der Waals surface area contributed by atoms with Crippen molar-refractivity contribution in [2.24, 2.45) is 4.99 Å². The van der Waals surface area contributed by atoms with Gasteiger partial charge in [-0.25, -0.2) is 0 Å². The lowest BCUT2D eigenvalue weighted by Crippen LogP contribution is -2.51. The molecule has 29 heavy (non-hydrogen) atoms. The highest BCUT2D eigenvalue weighted by atomic mass is 16.5. The number of benzene rings is 1. The van der Waals surface area contributed by atoms with Crippen LogP contribution >= 0.6 is 0 Å². The Balaban J connectivity index is 1.68. The van der Waals surface area contributed by atoms with Crippen LogP contribution in [0.25, 0.3) is 0 Å². The third-order valence-electron chi connectivity index (χ3n) is 4.98. The highest BCUT2D eigenvalue weighted by molar-refractivity contribution is 5.80. The van der Waals surface area contributed by atoms with E-state index < -0.39 is 0 Å². The number of carbonyl (C=O) groups is 1. The molecule has 162 valence electrons. The van der Waals surface area contributed by atoms with Gasteiger partial charge in [0, 0.05) is 32.7 Å². The number of rotatable bonds is 9. The van der Waals surface area contributed by atoms with E-state index in [1.807, 2.05) is 25.1 Å². The van der Waals surface area contributed by atoms with Crippen molar-refractivity contribution in [1.82, 2.24) is 20.9 Å². The highest BCUT2D eigenvalue weighted by Gasteiger charge is 2.21. The minimum atomic E-state index is 0.0267. The maximum atomic E-state index is 11.9. The fourth-order valence-electron chi connectivity index (χ4n) is 3.35. The number of amides is 1. The van der Waals surface area contributed by atoms with E-state index in [2.05, 4.69) is 45.8 Å². The van der Waals surface area contributed by atoms with Crippen LogP contribution in [0.2, 0.25) is 0 Å². The summed E-state index contributed by atoms with van der Waals surface area (Å²) < 4.78 is 5.97. The molecule has 7 nitrogen and oxygen atoms in total. The quantitative estimate of drug-likeness (QED) is 0.434. The van der Waals surface area contributed by atoms with Gasteiger partial charge in [0.1, 0.15) is 11.9 Å². The topological polar surface area (TPSA) is 78.0 Å². The minimum absolute atomic E-state index is 0.0267. The van der Waals surface area contributed by atoms with E-state index in [1.165, 1.54) is 5.56 Å². The number of likely N-dealkylation sites (tertiary alicyclic amines) is 1. The van der Waals surface area contributed by atoms with Crippen LogP contribution in [0, 0.1) is 6.92 Å². The molecule has 7 heteroatoms. The number of piperidine rings is 1. The minimum Gasteiger partial charge on any atom is -0.489 e. The van der Waals surface area contributed by atoms with Crippen molar-refractivity contribution in [1.29, 1.82) is 0 Å². The summed E-state index contributed by atoms with van der Waals surface area (Å²) in [5.41, 5.74) is 1.19. The molecule has 1 fully saturated rings. The number of carbonyl (C=O) groups excluding carboxylic acids is 1. The third-order valence-corrected chi connectivity index (χ3v) is 4.98. The molecule has 0 saturated carbocycles. The fraction of sp³-hybridized carbons (Fsp3) is 0.636. The molecule has 0 bridgehead atoms. The zero-order valence-corrected chi connectivity index (χ0v) is 18.3. The summed E-state index contributed by atoms with van der Waals surface area (Å²) in [7, 11) is 1.79. The number of hydrogen-bond donors (Lipinski definition) is 3. The van der Waals surface area contributed by atoms with Crippen molar-refractivity contribution >= 4 is 11.9 Å². The molecule has 0 aromatic heterocycles. The van der Waals surface area contributed by atoms with Crippen LogP contribution in [-0.4, -0.2) is 68.7 Å². The Morgan fingerprint density at radius 3 is 2.72 bits per heavy atom. The number of guanidine groups is 1. The monoisotopic (exact) mass is 403 g/mol. The van der Waals surface area contributed by atoms with Gasteiger partial charge in [-0.2, -0.15) is 0 Å². The average molecular weight is 404 g/mol. The smallest absolute Gasteiger partial charge is 0.234 e. The molecule has 0 radical (unpaired) electrons. The number of nitrogens with zero attached hydrogens (tertiary/aromatic N) is 2. The summed E-state index contributed by atoms with van der Waals surface area (Å²) in [5.74, 6) is 1.81. The van der Waals surface area contributed by atoms with Gasteiger partial charge in [-0.3, -0.25) is 14.7 Å². The van der Waals surface area contributed by atoms with Crippen LogP contribution in [0.5, 0.6) is 5.75 Å². The largest absolute Gasteiger partial charge is 0.489 e. The van der Waals surface area contributed by atoms with Gasteiger partial charge >= 0.3 is 0 Å².